The molecule has 1 fully saturated rings. The molecule has 3 aromatic carbocycles. The molecule has 1 aromatic heterocycles. The number of ether oxygens (including phenoxy) is 1. The lowest BCUT2D eigenvalue weighted by atomic mass is 9.94. The fraction of sp³-hybridized carbons (Fsp3) is 0.130. The fourth-order valence-electron chi connectivity index (χ4n) is 3.40. The summed E-state index contributed by atoms with van der Waals surface area (Å²) in [6.07, 6.45) is 0. The standard InChI is InChI=1S/C23H18BrNO2S/c24-17-5-1-15(2-6-17)23-22(20-10-7-18(26)11-21(20)28-23)27-19-8-3-14(4-9-19)16-12-25-13-16/h1-11,16,25-26H,12-13H2. The van der Waals surface area contributed by atoms with Crippen molar-refractivity contribution in [2.75, 3.05) is 13.1 Å². The van der Waals surface area contributed by atoms with Crippen LogP contribution in [0.15, 0.2) is 71.2 Å². The molecular formula is C23H18BrNO2S. The van der Waals surface area contributed by atoms with Crippen molar-refractivity contribution in [2.45, 2.75) is 5.92 Å². The second-order valence-corrected chi connectivity index (χ2v) is 8.94. The fourth-order valence-corrected chi connectivity index (χ4v) is 4.84. The molecule has 0 aliphatic carbocycles. The SMILES string of the molecule is Oc1ccc2c(Oc3ccc(C4CNC4)cc3)c(-c3ccc(Br)cc3)sc2c1. The summed E-state index contributed by atoms with van der Waals surface area (Å²) in [6.45, 7) is 2.10. The maximum atomic E-state index is 9.89. The molecule has 1 aliphatic heterocycles. The van der Waals surface area contributed by atoms with E-state index in [1.54, 1.807) is 23.5 Å². The van der Waals surface area contributed by atoms with Gasteiger partial charge < -0.3 is 15.2 Å². The summed E-state index contributed by atoms with van der Waals surface area (Å²) in [5, 5.41) is 14.2. The Morgan fingerprint density at radius 2 is 1.71 bits per heavy atom. The number of hydrogen-bond donors (Lipinski definition) is 2. The summed E-state index contributed by atoms with van der Waals surface area (Å²) in [5.41, 5.74) is 2.44. The highest BCUT2D eigenvalue weighted by atomic mass is 79.9. The second kappa shape index (κ2) is 7.24. The highest BCUT2D eigenvalue weighted by Crippen LogP contribution is 2.47. The predicted molar refractivity (Wildman–Crippen MR) is 119 cm³/mol. The van der Waals surface area contributed by atoms with Crippen molar-refractivity contribution < 1.29 is 9.84 Å². The third-order valence-electron chi connectivity index (χ3n) is 5.09. The van der Waals surface area contributed by atoms with E-state index in [0.717, 1.165) is 49.6 Å². The van der Waals surface area contributed by atoms with Crippen molar-refractivity contribution in [3.05, 3.63) is 76.8 Å². The third kappa shape index (κ3) is 3.30. The van der Waals surface area contributed by atoms with Gasteiger partial charge in [0.25, 0.3) is 0 Å². The number of aromatic hydroxyl groups is 1. The minimum atomic E-state index is 0.265. The van der Waals surface area contributed by atoms with Crippen LogP contribution in [0.25, 0.3) is 20.5 Å². The normalized spacial score (nSPS) is 14.2. The quantitative estimate of drug-likeness (QED) is 0.371. The maximum absolute atomic E-state index is 9.89. The molecule has 140 valence electrons. The highest BCUT2D eigenvalue weighted by Gasteiger charge is 2.20. The van der Waals surface area contributed by atoms with Gasteiger partial charge in [0.2, 0.25) is 0 Å². The summed E-state index contributed by atoms with van der Waals surface area (Å²) in [4.78, 5) is 1.06. The zero-order valence-corrected chi connectivity index (χ0v) is 17.4. The van der Waals surface area contributed by atoms with E-state index < -0.39 is 0 Å². The first-order valence-electron chi connectivity index (χ1n) is 9.17. The molecule has 0 bridgehead atoms. The van der Waals surface area contributed by atoms with Crippen molar-refractivity contribution in [1.29, 1.82) is 0 Å². The molecule has 5 rings (SSSR count). The van der Waals surface area contributed by atoms with E-state index in [2.05, 4.69) is 45.5 Å². The van der Waals surface area contributed by atoms with Gasteiger partial charge in [-0.1, -0.05) is 40.2 Å². The summed E-state index contributed by atoms with van der Waals surface area (Å²) in [7, 11) is 0. The maximum Gasteiger partial charge on any atom is 0.153 e. The lowest BCUT2D eigenvalue weighted by Gasteiger charge is -2.27. The lowest BCUT2D eigenvalue weighted by Crippen LogP contribution is -2.39. The Bertz CT molecular complexity index is 1130. The molecule has 1 aliphatic rings. The number of thiophene rings is 1. The van der Waals surface area contributed by atoms with Gasteiger partial charge in [-0.3, -0.25) is 0 Å². The van der Waals surface area contributed by atoms with Gasteiger partial charge >= 0.3 is 0 Å². The summed E-state index contributed by atoms with van der Waals surface area (Å²) in [5.74, 6) is 2.53. The first-order valence-corrected chi connectivity index (χ1v) is 10.8. The number of benzene rings is 3. The van der Waals surface area contributed by atoms with Gasteiger partial charge in [0.1, 0.15) is 11.5 Å². The van der Waals surface area contributed by atoms with Gasteiger partial charge in [-0.2, -0.15) is 0 Å². The largest absolute Gasteiger partial charge is 0.508 e. The Morgan fingerprint density at radius 1 is 0.964 bits per heavy atom. The molecule has 1 saturated heterocycles. The topological polar surface area (TPSA) is 41.5 Å². The number of phenols is 1. The summed E-state index contributed by atoms with van der Waals surface area (Å²) in [6, 6.07) is 22.0. The van der Waals surface area contributed by atoms with Crippen molar-refractivity contribution in [1.82, 2.24) is 5.32 Å². The van der Waals surface area contributed by atoms with E-state index >= 15 is 0 Å². The van der Waals surface area contributed by atoms with Crippen molar-refractivity contribution in [2.24, 2.45) is 0 Å². The second-order valence-electron chi connectivity index (χ2n) is 6.97. The van der Waals surface area contributed by atoms with E-state index in [1.807, 2.05) is 30.3 Å². The Kier molecular flexibility index (Phi) is 4.59. The van der Waals surface area contributed by atoms with Gasteiger partial charge in [-0.15, -0.1) is 11.3 Å². The van der Waals surface area contributed by atoms with Crippen molar-refractivity contribution in [3.8, 4) is 27.7 Å². The molecule has 2 N–H and O–H groups in total. The number of fused-ring (bicyclic) bond motifs is 1. The monoisotopic (exact) mass is 451 g/mol. The van der Waals surface area contributed by atoms with E-state index in [0.29, 0.717) is 5.92 Å². The van der Waals surface area contributed by atoms with Gasteiger partial charge in [-0.05, 0) is 53.6 Å². The van der Waals surface area contributed by atoms with Crippen LogP contribution in [0.4, 0.5) is 0 Å². The van der Waals surface area contributed by atoms with Crippen LogP contribution >= 0.6 is 27.3 Å². The first-order chi connectivity index (χ1) is 13.7. The average molecular weight is 452 g/mol. The molecule has 2 heterocycles. The molecule has 0 saturated carbocycles. The molecular weight excluding hydrogens is 434 g/mol. The molecule has 3 nitrogen and oxygen atoms in total. The van der Waals surface area contributed by atoms with E-state index in [4.69, 9.17) is 4.74 Å². The van der Waals surface area contributed by atoms with E-state index in [9.17, 15) is 5.11 Å². The zero-order chi connectivity index (χ0) is 19.1. The van der Waals surface area contributed by atoms with Crippen molar-refractivity contribution >= 4 is 37.4 Å². The van der Waals surface area contributed by atoms with Crippen LogP contribution in [0.1, 0.15) is 11.5 Å². The number of halogens is 1. The van der Waals surface area contributed by atoms with Crippen LogP contribution in [0.3, 0.4) is 0 Å². The Morgan fingerprint density at radius 3 is 2.39 bits per heavy atom. The molecule has 4 aromatic rings. The van der Waals surface area contributed by atoms with Gasteiger partial charge in [0, 0.05) is 33.6 Å². The molecule has 28 heavy (non-hydrogen) atoms. The highest BCUT2D eigenvalue weighted by molar-refractivity contribution is 9.10. The molecule has 0 atom stereocenters. The molecule has 0 radical (unpaired) electrons. The first kappa shape index (κ1) is 17.7. The van der Waals surface area contributed by atoms with Gasteiger partial charge in [-0.25, -0.2) is 0 Å². The number of rotatable bonds is 4. The van der Waals surface area contributed by atoms with E-state index in [-0.39, 0.29) is 5.75 Å². The van der Waals surface area contributed by atoms with Crippen LogP contribution in [0, 0.1) is 0 Å². The number of hydrogen-bond acceptors (Lipinski definition) is 4. The molecule has 0 amide bonds. The van der Waals surface area contributed by atoms with Gasteiger partial charge in [0.05, 0.1) is 4.88 Å². The summed E-state index contributed by atoms with van der Waals surface area (Å²) < 4.78 is 8.42. The number of phenolic OH excluding ortho intramolecular Hbond substituents is 1. The Hall–Kier alpha value is -2.34. The van der Waals surface area contributed by atoms with Crippen LogP contribution in [-0.4, -0.2) is 18.2 Å². The smallest absolute Gasteiger partial charge is 0.153 e. The van der Waals surface area contributed by atoms with Crippen LogP contribution in [0.2, 0.25) is 0 Å². The average Bonchev–Trinajstić information content (AvgIpc) is 3.00. The van der Waals surface area contributed by atoms with E-state index in [1.165, 1.54) is 5.56 Å². The Labute approximate surface area is 175 Å². The lowest BCUT2D eigenvalue weighted by molar-refractivity contribution is 0.447. The Balaban J connectivity index is 1.56. The van der Waals surface area contributed by atoms with Crippen LogP contribution < -0.4 is 10.1 Å². The van der Waals surface area contributed by atoms with Gasteiger partial charge in [0.15, 0.2) is 5.75 Å². The molecule has 0 spiro atoms. The molecule has 5 heteroatoms. The van der Waals surface area contributed by atoms with Crippen LogP contribution in [-0.2, 0) is 0 Å². The zero-order valence-electron chi connectivity index (χ0n) is 15.0. The minimum absolute atomic E-state index is 0.265. The summed E-state index contributed by atoms with van der Waals surface area (Å²) >= 11 is 5.13. The predicted octanol–water partition coefficient (Wildman–Crippen LogP) is 6.52. The number of nitrogens with one attached hydrogen (secondary N) is 1. The third-order valence-corrected chi connectivity index (χ3v) is 6.80. The molecule has 0 unspecified atom stereocenters. The van der Waals surface area contributed by atoms with Crippen molar-refractivity contribution in [3.63, 3.8) is 0 Å². The van der Waals surface area contributed by atoms with Crippen LogP contribution in [0.5, 0.6) is 17.2 Å². The minimum Gasteiger partial charge on any atom is -0.508 e.